The SMILES string of the molecule is Cc1ccnc(NC(=O)c2ccc(Oc3ccnc4[nH]nc(N[C@@H]5CCCN(C#N)C5)c34)cc2)c1. The first-order valence-corrected chi connectivity index (χ1v) is 11.4. The van der Waals surface area contributed by atoms with Crippen LogP contribution in [0.2, 0.25) is 0 Å². The number of benzene rings is 1. The third kappa shape index (κ3) is 4.99. The Balaban J connectivity index is 1.32. The van der Waals surface area contributed by atoms with E-state index in [-0.39, 0.29) is 11.9 Å². The highest BCUT2D eigenvalue weighted by atomic mass is 16.5. The topological polar surface area (TPSA) is 132 Å². The lowest BCUT2D eigenvalue weighted by Gasteiger charge is -2.29. The van der Waals surface area contributed by atoms with Crippen LogP contribution in [0.4, 0.5) is 11.6 Å². The third-order valence-electron chi connectivity index (χ3n) is 5.83. The summed E-state index contributed by atoms with van der Waals surface area (Å²) in [5, 5.41) is 23.5. The molecule has 1 atom stereocenters. The number of hydrogen-bond acceptors (Lipinski definition) is 8. The highest BCUT2D eigenvalue weighted by Crippen LogP contribution is 2.33. The predicted octanol–water partition coefficient (Wildman–Crippen LogP) is 4.06. The average Bonchev–Trinajstić information content (AvgIpc) is 3.28. The zero-order valence-corrected chi connectivity index (χ0v) is 19.2. The number of pyridine rings is 2. The molecule has 4 aromatic rings. The molecule has 10 nitrogen and oxygen atoms in total. The standard InChI is InChI=1S/C25H24N8O2/c1-16-8-10-27-21(13-16)30-25(34)17-4-6-19(7-5-17)35-20-9-11-28-23-22(20)24(32-31-23)29-18-3-2-12-33(14-18)15-26/h4-11,13,18H,2-3,12,14H2,1H3,(H,27,30,34)(H2,28,29,31,32)/t18-/m1/s1. The molecule has 0 bridgehead atoms. The van der Waals surface area contributed by atoms with Crippen molar-refractivity contribution >= 4 is 28.6 Å². The first-order chi connectivity index (χ1) is 17.1. The molecule has 1 aliphatic heterocycles. The summed E-state index contributed by atoms with van der Waals surface area (Å²) in [7, 11) is 0. The first-order valence-electron chi connectivity index (χ1n) is 11.4. The van der Waals surface area contributed by atoms with Gasteiger partial charge in [-0.15, -0.1) is 0 Å². The Morgan fingerprint density at radius 1 is 1.20 bits per heavy atom. The molecule has 0 unspecified atom stereocenters. The fourth-order valence-corrected chi connectivity index (χ4v) is 4.09. The van der Waals surface area contributed by atoms with Crippen LogP contribution in [0.25, 0.3) is 11.0 Å². The molecule has 3 N–H and O–H groups in total. The molecular formula is C25H24N8O2. The van der Waals surface area contributed by atoms with Crippen LogP contribution in [-0.2, 0) is 0 Å². The molecule has 0 spiro atoms. The van der Waals surface area contributed by atoms with Crippen molar-refractivity contribution in [3.63, 3.8) is 0 Å². The molecule has 1 saturated heterocycles. The van der Waals surface area contributed by atoms with E-state index < -0.39 is 0 Å². The van der Waals surface area contributed by atoms with Crippen molar-refractivity contribution in [1.29, 1.82) is 5.26 Å². The monoisotopic (exact) mass is 468 g/mol. The van der Waals surface area contributed by atoms with Gasteiger partial charge in [-0.2, -0.15) is 10.4 Å². The van der Waals surface area contributed by atoms with Gasteiger partial charge in [-0.1, -0.05) is 0 Å². The summed E-state index contributed by atoms with van der Waals surface area (Å²) in [6.07, 6.45) is 7.41. The van der Waals surface area contributed by atoms with Crippen molar-refractivity contribution in [2.45, 2.75) is 25.8 Å². The van der Waals surface area contributed by atoms with Crippen molar-refractivity contribution in [2.24, 2.45) is 0 Å². The van der Waals surface area contributed by atoms with Gasteiger partial charge in [0.15, 0.2) is 17.7 Å². The number of carbonyl (C=O) groups excluding carboxylic acids is 1. The van der Waals surface area contributed by atoms with Gasteiger partial charge in [-0.05, 0) is 61.7 Å². The first kappa shape index (κ1) is 22.2. The number of nitriles is 1. The number of fused-ring (bicyclic) bond motifs is 1. The van der Waals surface area contributed by atoms with Crippen molar-refractivity contribution < 1.29 is 9.53 Å². The number of carbonyl (C=O) groups is 1. The zero-order chi connectivity index (χ0) is 24.2. The number of likely N-dealkylation sites (tertiary alicyclic amines) is 1. The number of nitrogens with one attached hydrogen (secondary N) is 3. The van der Waals surface area contributed by atoms with Gasteiger partial charge >= 0.3 is 0 Å². The van der Waals surface area contributed by atoms with Gasteiger partial charge < -0.3 is 20.3 Å². The maximum atomic E-state index is 12.6. The van der Waals surface area contributed by atoms with Crippen LogP contribution in [0.15, 0.2) is 54.9 Å². The summed E-state index contributed by atoms with van der Waals surface area (Å²) < 4.78 is 6.14. The van der Waals surface area contributed by atoms with Crippen LogP contribution >= 0.6 is 0 Å². The zero-order valence-electron chi connectivity index (χ0n) is 19.2. The van der Waals surface area contributed by atoms with E-state index in [1.54, 1.807) is 47.6 Å². The lowest BCUT2D eigenvalue weighted by molar-refractivity contribution is 0.102. The van der Waals surface area contributed by atoms with E-state index in [0.717, 1.165) is 30.3 Å². The Kier molecular flexibility index (Phi) is 6.13. The molecule has 0 saturated carbocycles. The minimum Gasteiger partial charge on any atom is -0.456 e. The van der Waals surface area contributed by atoms with Gasteiger partial charge in [-0.25, -0.2) is 9.97 Å². The number of anilines is 2. The van der Waals surface area contributed by atoms with Crippen LogP contribution in [0.1, 0.15) is 28.8 Å². The molecule has 1 aromatic carbocycles. The molecule has 176 valence electrons. The highest BCUT2D eigenvalue weighted by Gasteiger charge is 2.22. The largest absolute Gasteiger partial charge is 0.456 e. The van der Waals surface area contributed by atoms with E-state index in [9.17, 15) is 10.1 Å². The van der Waals surface area contributed by atoms with Crippen molar-refractivity contribution in [2.75, 3.05) is 23.7 Å². The normalized spacial score (nSPS) is 15.4. The summed E-state index contributed by atoms with van der Waals surface area (Å²) in [5.74, 6) is 2.05. The molecule has 3 aromatic heterocycles. The number of aromatic nitrogens is 4. The van der Waals surface area contributed by atoms with Crippen LogP contribution in [0.5, 0.6) is 11.5 Å². The molecule has 1 amide bonds. The second-order valence-corrected chi connectivity index (χ2v) is 8.43. The Hall–Kier alpha value is -4.65. The smallest absolute Gasteiger partial charge is 0.256 e. The fraction of sp³-hybridized carbons (Fsp3) is 0.240. The van der Waals surface area contributed by atoms with Crippen molar-refractivity contribution in [3.8, 4) is 17.7 Å². The van der Waals surface area contributed by atoms with E-state index in [1.165, 1.54) is 0 Å². The van der Waals surface area contributed by atoms with Gasteiger partial charge in [0.05, 0.1) is 0 Å². The van der Waals surface area contributed by atoms with E-state index >= 15 is 0 Å². The van der Waals surface area contributed by atoms with Crippen molar-refractivity contribution in [1.82, 2.24) is 25.1 Å². The number of H-pyrrole nitrogens is 1. The summed E-state index contributed by atoms with van der Waals surface area (Å²) in [6, 6.07) is 12.4. The Bertz CT molecular complexity index is 1390. The van der Waals surface area contributed by atoms with Crippen LogP contribution in [-0.4, -0.2) is 50.1 Å². The number of ether oxygens (including phenoxy) is 1. The maximum Gasteiger partial charge on any atom is 0.256 e. The van der Waals surface area contributed by atoms with Crippen molar-refractivity contribution in [3.05, 3.63) is 66.0 Å². The molecule has 5 rings (SSSR count). The van der Waals surface area contributed by atoms with Crippen LogP contribution < -0.4 is 15.4 Å². The van der Waals surface area contributed by atoms with Gasteiger partial charge in [0.2, 0.25) is 0 Å². The molecule has 0 aliphatic carbocycles. The van der Waals surface area contributed by atoms with Gasteiger partial charge in [0.25, 0.3) is 5.91 Å². The lowest BCUT2D eigenvalue weighted by atomic mass is 10.1. The molecule has 1 fully saturated rings. The number of piperidine rings is 1. The van der Waals surface area contributed by atoms with Crippen LogP contribution in [0.3, 0.4) is 0 Å². The lowest BCUT2D eigenvalue weighted by Crippen LogP contribution is -2.39. The Labute approximate surface area is 202 Å². The summed E-state index contributed by atoms with van der Waals surface area (Å²) in [6.45, 7) is 3.35. The average molecular weight is 469 g/mol. The van der Waals surface area contributed by atoms with Gasteiger partial charge in [0, 0.05) is 43.2 Å². The summed E-state index contributed by atoms with van der Waals surface area (Å²) in [5.41, 5.74) is 2.10. The molecule has 10 heteroatoms. The third-order valence-corrected chi connectivity index (χ3v) is 5.83. The van der Waals surface area contributed by atoms with E-state index in [4.69, 9.17) is 4.74 Å². The van der Waals surface area contributed by atoms with Gasteiger partial charge in [-0.3, -0.25) is 9.89 Å². The predicted molar refractivity (Wildman–Crippen MR) is 131 cm³/mol. The molecule has 4 heterocycles. The van der Waals surface area contributed by atoms with E-state index in [0.29, 0.717) is 40.9 Å². The maximum absolute atomic E-state index is 12.6. The fourth-order valence-electron chi connectivity index (χ4n) is 4.09. The second kappa shape index (κ2) is 9.69. The molecule has 0 radical (unpaired) electrons. The number of aryl methyl sites for hydroxylation is 1. The molecule has 35 heavy (non-hydrogen) atoms. The number of amides is 1. The quantitative estimate of drug-likeness (QED) is 0.361. The minimum atomic E-state index is -0.249. The van der Waals surface area contributed by atoms with E-state index in [2.05, 4.69) is 37.0 Å². The highest BCUT2D eigenvalue weighted by molar-refractivity contribution is 6.03. The number of hydrogen-bond donors (Lipinski definition) is 3. The van der Waals surface area contributed by atoms with Crippen LogP contribution in [0, 0.1) is 18.4 Å². The number of aromatic amines is 1. The summed E-state index contributed by atoms with van der Waals surface area (Å²) in [4.78, 5) is 22.8. The summed E-state index contributed by atoms with van der Waals surface area (Å²) >= 11 is 0. The minimum absolute atomic E-state index is 0.101. The van der Waals surface area contributed by atoms with Gasteiger partial charge in [0.1, 0.15) is 22.7 Å². The molecule has 1 aliphatic rings. The Morgan fingerprint density at radius 2 is 2.03 bits per heavy atom. The number of nitrogens with zero attached hydrogens (tertiary/aromatic N) is 5. The Morgan fingerprint density at radius 3 is 2.83 bits per heavy atom. The molecular weight excluding hydrogens is 444 g/mol. The second-order valence-electron chi connectivity index (χ2n) is 8.43. The van der Waals surface area contributed by atoms with E-state index in [1.807, 2.05) is 19.1 Å². The number of rotatable bonds is 6.